The van der Waals surface area contributed by atoms with Crippen LogP contribution in [0, 0.1) is 19.8 Å². The van der Waals surface area contributed by atoms with Gasteiger partial charge in [-0.25, -0.2) is 0 Å². The Morgan fingerprint density at radius 3 is 1.48 bits per heavy atom. The molecule has 4 aromatic carbocycles. The molecule has 0 bridgehead atoms. The first kappa shape index (κ1) is 28.2. The normalized spacial score (nSPS) is 12.6. The van der Waals surface area contributed by atoms with Crippen LogP contribution in [0.2, 0.25) is 0 Å². The Kier molecular flexibility index (Phi) is 8.75. The van der Waals surface area contributed by atoms with Crippen molar-refractivity contribution in [3.05, 3.63) is 139 Å². The van der Waals surface area contributed by atoms with Gasteiger partial charge < -0.3 is 0 Å². The van der Waals surface area contributed by atoms with Crippen molar-refractivity contribution in [2.24, 2.45) is 5.92 Å². The Labute approximate surface area is 240 Å². The molecular formula is C35H36N2OP2. The van der Waals surface area contributed by atoms with E-state index < -0.39 is 21.4 Å². The van der Waals surface area contributed by atoms with E-state index in [2.05, 4.69) is 116 Å². The molecule has 40 heavy (non-hydrogen) atoms. The second kappa shape index (κ2) is 12.4. The molecule has 202 valence electrons. The number of benzene rings is 4. The maximum atomic E-state index is 15.2. The minimum Gasteiger partial charge on any atom is -0.293 e. The number of carbonyl (C=O) groups excluding carboxylic acids is 1. The van der Waals surface area contributed by atoms with Gasteiger partial charge in [0.05, 0.1) is 17.2 Å². The van der Waals surface area contributed by atoms with Crippen molar-refractivity contribution in [2.75, 3.05) is 6.16 Å². The third-order valence-corrected chi connectivity index (χ3v) is 12.4. The van der Waals surface area contributed by atoms with Crippen LogP contribution >= 0.6 is 15.8 Å². The first-order valence-electron chi connectivity index (χ1n) is 13.7. The Morgan fingerprint density at radius 2 is 1.10 bits per heavy atom. The summed E-state index contributed by atoms with van der Waals surface area (Å²) in [6.45, 7) is 8.51. The monoisotopic (exact) mass is 562 g/mol. The van der Waals surface area contributed by atoms with Gasteiger partial charge in [0.2, 0.25) is 0 Å². The fourth-order valence-electron chi connectivity index (χ4n) is 5.44. The first-order valence-corrected chi connectivity index (χ1v) is 16.6. The van der Waals surface area contributed by atoms with Gasteiger partial charge in [0.1, 0.15) is 0 Å². The lowest BCUT2D eigenvalue weighted by Crippen LogP contribution is -2.44. The van der Waals surface area contributed by atoms with Gasteiger partial charge in [-0.05, 0) is 69.1 Å². The van der Waals surface area contributed by atoms with E-state index >= 15 is 4.79 Å². The third kappa shape index (κ3) is 6.02. The van der Waals surface area contributed by atoms with Crippen molar-refractivity contribution in [3.63, 3.8) is 0 Å². The van der Waals surface area contributed by atoms with Crippen LogP contribution in [0.3, 0.4) is 0 Å². The molecule has 1 atom stereocenters. The van der Waals surface area contributed by atoms with E-state index in [-0.39, 0.29) is 5.92 Å². The van der Waals surface area contributed by atoms with Crippen LogP contribution in [0.15, 0.2) is 127 Å². The predicted octanol–water partition coefficient (Wildman–Crippen LogP) is 6.64. The molecule has 0 aliphatic rings. The number of aromatic nitrogens is 2. The summed E-state index contributed by atoms with van der Waals surface area (Å²) >= 11 is 0. The summed E-state index contributed by atoms with van der Waals surface area (Å²) in [5.74, 6) is -0.274. The third-order valence-electron chi connectivity index (χ3n) is 7.46. The second-order valence-electron chi connectivity index (χ2n) is 10.7. The van der Waals surface area contributed by atoms with Gasteiger partial charge in [0.15, 0.2) is 5.52 Å². The molecule has 0 saturated heterocycles. The van der Waals surface area contributed by atoms with Gasteiger partial charge in [-0.2, -0.15) is 5.10 Å². The quantitative estimate of drug-likeness (QED) is 0.179. The molecule has 0 amide bonds. The van der Waals surface area contributed by atoms with Crippen LogP contribution in [0.5, 0.6) is 0 Å². The fourth-order valence-corrected chi connectivity index (χ4v) is 10.8. The Hall–Kier alpha value is -3.38. The molecule has 1 aromatic heterocycles. The highest BCUT2D eigenvalue weighted by molar-refractivity contribution is 7.87. The van der Waals surface area contributed by atoms with E-state index in [1.165, 1.54) is 10.6 Å². The van der Waals surface area contributed by atoms with Crippen LogP contribution in [-0.4, -0.2) is 21.5 Å². The topological polar surface area (TPSA) is 34.9 Å². The van der Waals surface area contributed by atoms with Crippen molar-refractivity contribution in [1.29, 1.82) is 0 Å². The molecule has 0 radical (unpaired) electrons. The van der Waals surface area contributed by atoms with Crippen molar-refractivity contribution in [2.45, 2.75) is 33.2 Å². The second-order valence-corrected chi connectivity index (χ2v) is 15.1. The zero-order chi connectivity index (χ0) is 28.1. The maximum absolute atomic E-state index is 15.2. The Bertz CT molecular complexity index is 1460. The molecule has 0 aliphatic carbocycles. The van der Waals surface area contributed by atoms with E-state index in [4.69, 9.17) is 5.10 Å². The molecule has 5 aromatic rings. The molecule has 3 nitrogen and oxygen atoms in total. The smallest absolute Gasteiger partial charge is 0.169 e. The van der Waals surface area contributed by atoms with E-state index in [0.29, 0.717) is 5.52 Å². The van der Waals surface area contributed by atoms with Gasteiger partial charge in [-0.3, -0.25) is 9.48 Å². The summed E-state index contributed by atoms with van der Waals surface area (Å²) in [4.78, 5) is 15.2. The van der Waals surface area contributed by atoms with E-state index in [9.17, 15) is 0 Å². The van der Waals surface area contributed by atoms with Gasteiger partial charge in [-0.15, -0.1) is 0 Å². The number of hydrogen-bond acceptors (Lipinski definition) is 2. The van der Waals surface area contributed by atoms with Gasteiger partial charge in [0, 0.05) is 13.6 Å². The molecule has 1 heterocycles. The summed E-state index contributed by atoms with van der Waals surface area (Å²) in [6.07, 6.45) is 0.742. The lowest BCUT2D eigenvalue weighted by molar-refractivity contribution is -0.117. The van der Waals surface area contributed by atoms with E-state index in [1.807, 2.05) is 43.3 Å². The molecule has 1 unspecified atom stereocenters. The largest absolute Gasteiger partial charge is 0.293 e. The van der Waals surface area contributed by atoms with Crippen molar-refractivity contribution in [3.8, 4) is 0 Å². The number of carbonyl (C=O) groups is 1. The Balaban J connectivity index is 1.68. The standard InChI is InChI=1S/C35H36N2OP2/c1-27-25-28(2)37(36-27)35(3,4)33(26-39(29-17-9-5-10-18-29)30-19-11-6-12-20-30)34(38)40(31-21-13-7-14-22-31)32-23-15-8-16-24-32/h5-25,33H,26H2,1-4H3. The zero-order valence-electron chi connectivity index (χ0n) is 23.6. The first-order chi connectivity index (χ1) is 19.4. The lowest BCUT2D eigenvalue weighted by atomic mass is 9.89. The van der Waals surface area contributed by atoms with Gasteiger partial charge >= 0.3 is 0 Å². The SMILES string of the molecule is Cc1cc(C)n(C(C)(C)C(CP(c2ccccc2)c2ccccc2)C(=O)P(c2ccccc2)c2ccccc2)n1. The average molecular weight is 563 g/mol. The fraction of sp³-hybridized carbons (Fsp3) is 0.200. The van der Waals surface area contributed by atoms with Crippen LogP contribution < -0.4 is 21.2 Å². The minimum atomic E-state index is -1.25. The zero-order valence-corrected chi connectivity index (χ0v) is 25.4. The highest BCUT2D eigenvalue weighted by Crippen LogP contribution is 2.48. The lowest BCUT2D eigenvalue weighted by Gasteiger charge is -2.39. The van der Waals surface area contributed by atoms with Gasteiger partial charge in [-0.1, -0.05) is 121 Å². The molecule has 0 fully saturated rings. The summed E-state index contributed by atoms with van der Waals surface area (Å²) in [5.41, 5.74) is 1.81. The number of aryl methyl sites for hydroxylation is 2. The van der Waals surface area contributed by atoms with Gasteiger partial charge in [0.25, 0.3) is 0 Å². The predicted molar refractivity (Wildman–Crippen MR) is 173 cm³/mol. The minimum absolute atomic E-state index is 0.274. The molecule has 5 heteroatoms. The van der Waals surface area contributed by atoms with Crippen molar-refractivity contribution < 1.29 is 4.79 Å². The Morgan fingerprint density at radius 1 is 0.700 bits per heavy atom. The number of rotatable bonds is 10. The molecule has 0 saturated carbocycles. The highest BCUT2D eigenvalue weighted by atomic mass is 31.1. The van der Waals surface area contributed by atoms with Crippen LogP contribution in [-0.2, 0) is 10.3 Å². The van der Waals surface area contributed by atoms with Crippen molar-refractivity contribution in [1.82, 2.24) is 9.78 Å². The van der Waals surface area contributed by atoms with Crippen LogP contribution in [0.4, 0.5) is 0 Å². The number of nitrogens with zero attached hydrogens (tertiary/aromatic N) is 2. The molecule has 0 N–H and O–H groups in total. The molecule has 5 rings (SSSR count). The molecule has 0 spiro atoms. The summed E-state index contributed by atoms with van der Waals surface area (Å²) in [6, 6.07) is 44.2. The number of hydrogen-bond donors (Lipinski definition) is 0. The summed E-state index contributed by atoms with van der Waals surface area (Å²) in [5, 5.41) is 9.67. The summed E-state index contributed by atoms with van der Waals surface area (Å²) < 4.78 is 2.10. The molecule has 0 aliphatic heterocycles. The van der Waals surface area contributed by atoms with E-state index in [0.717, 1.165) is 28.2 Å². The van der Waals surface area contributed by atoms with Crippen molar-refractivity contribution >= 4 is 42.6 Å². The highest BCUT2D eigenvalue weighted by Gasteiger charge is 2.43. The molecular weight excluding hydrogens is 526 g/mol. The van der Waals surface area contributed by atoms with Crippen LogP contribution in [0.1, 0.15) is 25.2 Å². The van der Waals surface area contributed by atoms with E-state index in [1.54, 1.807) is 0 Å². The average Bonchev–Trinajstić information content (AvgIpc) is 3.34. The summed E-state index contributed by atoms with van der Waals surface area (Å²) in [7, 11) is -2.04. The van der Waals surface area contributed by atoms with Crippen LogP contribution in [0.25, 0.3) is 0 Å². The maximum Gasteiger partial charge on any atom is 0.169 e.